The molecular formula is C16H17NO. The Morgan fingerprint density at radius 1 is 1.00 bits per heavy atom. The molecule has 0 spiro atoms. The Balaban J connectivity index is 2.00. The number of benzene rings is 2. The predicted molar refractivity (Wildman–Crippen MR) is 73.9 cm³/mol. The van der Waals surface area contributed by atoms with E-state index in [0.717, 1.165) is 42.3 Å². The van der Waals surface area contributed by atoms with E-state index in [0.29, 0.717) is 5.78 Å². The van der Waals surface area contributed by atoms with Crippen molar-refractivity contribution in [2.24, 2.45) is 5.92 Å². The lowest BCUT2D eigenvalue weighted by atomic mass is 9.87. The van der Waals surface area contributed by atoms with Crippen LogP contribution in [0.5, 0.6) is 0 Å². The summed E-state index contributed by atoms with van der Waals surface area (Å²) >= 11 is 0. The quantitative estimate of drug-likeness (QED) is 0.816. The first-order valence-corrected chi connectivity index (χ1v) is 6.59. The van der Waals surface area contributed by atoms with E-state index in [2.05, 4.69) is 17.4 Å². The van der Waals surface area contributed by atoms with Crippen molar-refractivity contribution in [3.05, 3.63) is 48.0 Å². The number of ketones is 1. The summed E-state index contributed by atoms with van der Waals surface area (Å²) in [6, 6.07) is 14.1. The van der Waals surface area contributed by atoms with Crippen molar-refractivity contribution >= 4 is 16.6 Å². The lowest BCUT2D eigenvalue weighted by Gasteiger charge is -2.22. The molecule has 1 aliphatic rings. The molecule has 0 amide bonds. The number of rotatable bonds is 2. The fraction of sp³-hybridized carbons (Fsp3) is 0.312. The number of nitrogens with one attached hydrogen (secondary N) is 1. The van der Waals surface area contributed by atoms with Gasteiger partial charge in [0.2, 0.25) is 0 Å². The normalized spacial score (nSPS) is 16.9. The van der Waals surface area contributed by atoms with Crippen molar-refractivity contribution in [2.75, 3.05) is 13.1 Å². The summed E-state index contributed by atoms with van der Waals surface area (Å²) in [6.45, 7) is 1.92. The molecule has 0 aromatic heterocycles. The molecule has 1 heterocycles. The van der Waals surface area contributed by atoms with Gasteiger partial charge in [-0.25, -0.2) is 0 Å². The highest BCUT2D eigenvalue weighted by atomic mass is 16.1. The van der Waals surface area contributed by atoms with Gasteiger partial charge in [0.05, 0.1) is 0 Å². The van der Waals surface area contributed by atoms with Gasteiger partial charge in [0.15, 0.2) is 5.78 Å². The molecule has 0 unspecified atom stereocenters. The Morgan fingerprint density at radius 3 is 2.56 bits per heavy atom. The van der Waals surface area contributed by atoms with Crippen LogP contribution in [0.1, 0.15) is 23.2 Å². The van der Waals surface area contributed by atoms with Gasteiger partial charge in [0.25, 0.3) is 0 Å². The van der Waals surface area contributed by atoms with Gasteiger partial charge in [-0.2, -0.15) is 0 Å². The minimum absolute atomic E-state index is 0.192. The predicted octanol–water partition coefficient (Wildman–Crippen LogP) is 3.02. The van der Waals surface area contributed by atoms with Crippen LogP contribution in [0.25, 0.3) is 10.8 Å². The summed E-state index contributed by atoms with van der Waals surface area (Å²) in [6.07, 6.45) is 1.92. The zero-order valence-corrected chi connectivity index (χ0v) is 10.4. The molecule has 18 heavy (non-hydrogen) atoms. The van der Waals surface area contributed by atoms with E-state index in [1.807, 2.05) is 30.3 Å². The molecule has 0 aliphatic carbocycles. The molecule has 1 saturated heterocycles. The molecule has 3 rings (SSSR count). The van der Waals surface area contributed by atoms with Crippen molar-refractivity contribution in [1.82, 2.24) is 5.32 Å². The van der Waals surface area contributed by atoms with Crippen LogP contribution < -0.4 is 5.32 Å². The minimum atomic E-state index is 0.192. The van der Waals surface area contributed by atoms with Crippen LogP contribution in [0, 0.1) is 5.92 Å². The first kappa shape index (κ1) is 11.4. The summed E-state index contributed by atoms with van der Waals surface area (Å²) in [4.78, 5) is 12.6. The van der Waals surface area contributed by atoms with Gasteiger partial charge in [-0.05, 0) is 36.7 Å². The summed E-state index contributed by atoms with van der Waals surface area (Å²) in [5.74, 6) is 0.505. The first-order chi connectivity index (χ1) is 8.86. The van der Waals surface area contributed by atoms with Crippen LogP contribution >= 0.6 is 0 Å². The summed E-state index contributed by atoms with van der Waals surface area (Å²) in [5.41, 5.74) is 0.889. The van der Waals surface area contributed by atoms with Crippen LogP contribution in [-0.4, -0.2) is 18.9 Å². The second kappa shape index (κ2) is 4.91. The van der Waals surface area contributed by atoms with E-state index in [9.17, 15) is 4.79 Å². The van der Waals surface area contributed by atoms with Gasteiger partial charge in [-0.1, -0.05) is 42.5 Å². The summed E-state index contributed by atoms with van der Waals surface area (Å²) in [5, 5.41) is 5.54. The molecule has 1 N–H and O–H groups in total. The lowest BCUT2D eigenvalue weighted by molar-refractivity contribution is 0.0897. The van der Waals surface area contributed by atoms with E-state index in [4.69, 9.17) is 0 Å². The molecule has 0 radical (unpaired) electrons. The van der Waals surface area contributed by atoms with Crippen LogP contribution in [0.3, 0.4) is 0 Å². The minimum Gasteiger partial charge on any atom is -0.317 e. The maximum Gasteiger partial charge on any atom is 0.166 e. The lowest BCUT2D eigenvalue weighted by Crippen LogP contribution is -2.31. The van der Waals surface area contributed by atoms with Crippen molar-refractivity contribution in [3.8, 4) is 0 Å². The number of carbonyl (C=O) groups excluding carboxylic acids is 1. The number of piperidine rings is 1. The second-order valence-electron chi connectivity index (χ2n) is 4.92. The van der Waals surface area contributed by atoms with E-state index in [-0.39, 0.29) is 5.92 Å². The number of hydrogen-bond donors (Lipinski definition) is 1. The van der Waals surface area contributed by atoms with Crippen molar-refractivity contribution in [1.29, 1.82) is 0 Å². The van der Waals surface area contributed by atoms with E-state index in [1.165, 1.54) is 0 Å². The highest BCUT2D eigenvalue weighted by Crippen LogP contribution is 2.24. The highest BCUT2D eigenvalue weighted by molar-refractivity contribution is 6.09. The van der Waals surface area contributed by atoms with Gasteiger partial charge in [0.1, 0.15) is 0 Å². The van der Waals surface area contributed by atoms with Crippen molar-refractivity contribution < 1.29 is 4.79 Å². The first-order valence-electron chi connectivity index (χ1n) is 6.59. The van der Waals surface area contributed by atoms with Gasteiger partial charge in [0, 0.05) is 11.5 Å². The standard InChI is InChI=1S/C16H17NO/c18-16(13-8-10-17-11-9-13)15-7-3-5-12-4-1-2-6-14(12)15/h1-7,13,17H,8-11H2. The Hall–Kier alpha value is -1.67. The molecule has 0 saturated carbocycles. The molecule has 2 heteroatoms. The van der Waals surface area contributed by atoms with Gasteiger partial charge < -0.3 is 5.32 Å². The van der Waals surface area contributed by atoms with Crippen LogP contribution in [0.15, 0.2) is 42.5 Å². The molecule has 92 valence electrons. The van der Waals surface area contributed by atoms with E-state index < -0.39 is 0 Å². The van der Waals surface area contributed by atoms with E-state index in [1.54, 1.807) is 0 Å². The number of carbonyl (C=O) groups is 1. The molecule has 1 fully saturated rings. The van der Waals surface area contributed by atoms with Crippen LogP contribution in [0.2, 0.25) is 0 Å². The maximum atomic E-state index is 12.6. The fourth-order valence-corrected chi connectivity index (χ4v) is 2.74. The Kier molecular flexibility index (Phi) is 3.11. The highest BCUT2D eigenvalue weighted by Gasteiger charge is 2.23. The largest absolute Gasteiger partial charge is 0.317 e. The van der Waals surface area contributed by atoms with Crippen LogP contribution in [-0.2, 0) is 0 Å². The summed E-state index contributed by atoms with van der Waals surface area (Å²) in [7, 11) is 0. The SMILES string of the molecule is O=C(c1cccc2ccccc12)C1CCNCC1. The zero-order valence-electron chi connectivity index (χ0n) is 10.4. The summed E-state index contributed by atoms with van der Waals surface area (Å²) < 4.78 is 0. The number of fused-ring (bicyclic) bond motifs is 1. The topological polar surface area (TPSA) is 29.1 Å². The third kappa shape index (κ3) is 2.04. The van der Waals surface area contributed by atoms with Crippen molar-refractivity contribution in [2.45, 2.75) is 12.8 Å². The van der Waals surface area contributed by atoms with Gasteiger partial charge in [-0.3, -0.25) is 4.79 Å². The number of hydrogen-bond acceptors (Lipinski definition) is 2. The van der Waals surface area contributed by atoms with Gasteiger partial charge >= 0.3 is 0 Å². The Bertz CT molecular complexity index is 565. The van der Waals surface area contributed by atoms with Crippen LogP contribution in [0.4, 0.5) is 0 Å². The van der Waals surface area contributed by atoms with Gasteiger partial charge in [-0.15, -0.1) is 0 Å². The molecule has 2 nitrogen and oxygen atoms in total. The average molecular weight is 239 g/mol. The maximum absolute atomic E-state index is 12.6. The zero-order chi connectivity index (χ0) is 12.4. The molecule has 1 aliphatic heterocycles. The Labute approximate surface area is 107 Å². The molecule has 2 aromatic rings. The molecule has 0 bridgehead atoms. The third-order valence-electron chi connectivity index (χ3n) is 3.77. The average Bonchev–Trinajstić information content (AvgIpc) is 2.47. The Morgan fingerprint density at radius 2 is 1.72 bits per heavy atom. The fourth-order valence-electron chi connectivity index (χ4n) is 2.74. The van der Waals surface area contributed by atoms with Crippen molar-refractivity contribution in [3.63, 3.8) is 0 Å². The molecule has 2 aromatic carbocycles. The monoisotopic (exact) mass is 239 g/mol. The smallest absolute Gasteiger partial charge is 0.166 e. The second-order valence-corrected chi connectivity index (χ2v) is 4.92. The third-order valence-corrected chi connectivity index (χ3v) is 3.77. The molecular weight excluding hydrogens is 222 g/mol. The molecule has 0 atom stereocenters. The number of Topliss-reactive ketones (excluding diaryl/α,β-unsaturated/α-hetero) is 1. The van der Waals surface area contributed by atoms with E-state index >= 15 is 0 Å².